The summed E-state index contributed by atoms with van der Waals surface area (Å²) in [6, 6.07) is 0. The van der Waals surface area contributed by atoms with Crippen molar-refractivity contribution in [3.8, 4) is 0 Å². The quantitative estimate of drug-likeness (QED) is 0.704. The molecule has 76 valence electrons. The minimum absolute atomic E-state index is 0.141. The van der Waals surface area contributed by atoms with E-state index in [0.29, 0.717) is 18.7 Å². The molecule has 0 aromatic heterocycles. The van der Waals surface area contributed by atoms with Crippen LogP contribution in [0.25, 0.3) is 0 Å². The fourth-order valence-electron chi connectivity index (χ4n) is 1.68. The highest BCUT2D eigenvalue weighted by Gasteiger charge is 2.18. The molecule has 1 fully saturated rings. The smallest absolute Gasteiger partial charge is 0.146 e. The molecule has 0 bridgehead atoms. The molecule has 1 N–H and O–H groups in total. The van der Waals surface area contributed by atoms with Crippen LogP contribution < -0.4 is 0 Å². The van der Waals surface area contributed by atoms with Crippen LogP contribution in [-0.2, 0) is 4.79 Å². The maximum Gasteiger partial charge on any atom is 0.146 e. The van der Waals surface area contributed by atoms with Crippen LogP contribution in [0.3, 0.4) is 0 Å². The first kappa shape index (κ1) is 10.7. The van der Waals surface area contributed by atoms with Crippen molar-refractivity contribution in [3.63, 3.8) is 0 Å². The zero-order valence-electron chi connectivity index (χ0n) is 8.33. The molecule has 0 radical (unpaired) electrons. The molecule has 1 aliphatic heterocycles. The second-order valence-corrected chi connectivity index (χ2v) is 3.80. The van der Waals surface area contributed by atoms with Crippen molar-refractivity contribution in [2.45, 2.75) is 38.7 Å². The third-order valence-electron chi connectivity index (χ3n) is 2.49. The maximum absolute atomic E-state index is 11.3. The predicted octanol–water partition coefficient (Wildman–Crippen LogP) is 0.812. The van der Waals surface area contributed by atoms with Gasteiger partial charge in [-0.05, 0) is 19.3 Å². The van der Waals surface area contributed by atoms with Crippen LogP contribution in [0.4, 0.5) is 0 Å². The summed E-state index contributed by atoms with van der Waals surface area (Å²) < 4.78 is 0. The van der Waals surface area contributed by atoms with E-state index in [1.54, 1.807) is 0 Å². The molecular weight excluding hydrogens is 166 g/mol. The summed E-state index contributed by atoms with van der Waals surface area (Å²) in [5.74, 6) is 0.332. The van der Waals surface area contributed by atoms with E-state index < -0.39 is 0 Å². The fraction of sp³-hybridized carbons (Fsp3) is 0.900. The van der Waals surface area contributed by atoms with E-state index in [4.69, 9.17) is 0 Å². The number of hydrogen-bond donors (Lipinski definition) is 1. The number of likely N-dealkylation sites (tertiary alicyclic amines) is 1. The van der Waals surface area contributed by atoms with Crippen LogP contribution in [0.1, 0.15) is 32.6 Å². The number of aliphatic hydroxyl groups is 1. The van der Waals surface area contributed by atoms with Crippen LogP contribution in [0.15, 0.2) is 0 Å². The van der Waals surface area contributed by atoms with Gasteiger partial charge >= 0.3 is 0 Å². The highest BCUT2D eigenvalue weighted by atomic mass is 16.3. The second-order valence-electron chi connectivity index (χ2n) is 3.80. The Kier molecular flexibility index (Phi) is 4.39. The monoisotopic (exact) mass is 185 g/mol. The Hall–Kier alpha value is -0.410. The molecule has 0 unspecified atom stereocenters. The van der Waals surface area contributed by atoms with Crippen molar-refractivity contribution in [1.82, 2.24) is 4.90 Å². The number of Topliss-reactive ketones (excluding diaryl/α,β-unsaturated/α-hetero) is 1. The normalized spacial score (nSPS) is 20.5. The average molecular weight is 185 g/mol. The molecule has 1 aliphatic rings. The van der Waals surface area contributed by atoms with Gasteiger partial charge < -0.3 is 5.11 Å². The average Bonchev–Trinajstić information content (AvgIpc) is 2.09. The summed E-state index contributed by atoms with van der Waals surface area (Å²) in [5.41, 5.74) is 0. The molecular formula is C10H19NO2. The van der Waals surface area contributed by atoms with Crippen molar-refractivity contribution < 1.29 is 9.90 Å². The highest BCUT2D eigenvalue weighted by molar-refractivity contribution is 5.80. The van der Waals surface area contributed by atoms with E-state index in [1.165, 1.54) is 0 Å². The zero-order chi connectivity index (χ0) is 9.68. The topological polar surface area (TPSA) is 40.5 Å². The van der Waals surface area contributed by atoms with Crippen molar-refractivity contribution in [2.75, 3.05) is 19.6 Å². The molecule has 1 heterocycles. The van der Waals surface area contributed by atoms with E-state index in [9.17, 15) is 9.90 Å². The molecule has 0 saturated carbocycles. The predicted molar refractivity (Wildman–Crippen MR) is 51.6 cm³/mol. The Morgan fingerprint density at radius 2 is 2.08 bits per heavy atom. The van der Waals surface area contributed by atoms with Crippen molar-refractivity contribution in [2.24, 2.45) is 0 Å². The van der Waals surface area contributed by atoms with Crippen molar-refractivity contribution in [1.29, 1.82) is 0 Å². The lowest BCUT2D eigenvalue weighted by Crippen LogP contribution is -2.38. The summed E-state index contributed by atoms with van der Waals surface area (Å²) in [6.45, 7) is 4.35. The molecule has 0 spiro atoms. The summed E-state index contributed by atoms with van der Waals surface area (Å²) in [7, 11) is 0. The van der Waals surface area contributed by atoms with Crippen LogP contribution in [0, 0.1) is 0 Å². The number of ketones is 1. The van der Waals surface area contributed by atoms with Crippen LogP contribution in [-0.4, -0.2) is 41.5 Å². The van der Waals surface area contributed by atoms with Gasteiger partial charge in [0.05, 0.1) is 12.6 Å². The van der Waals surface area contributed by atoms with E-state index in [1.807, 2.05) is 6.92 Å². The lowest BCUT2D eigenvalue weighted by Gasteiger charge is -2.28. The Bertz CT molecular complexity index is 162. The second kappa shape index (κ2) is 5.35. The van der Waals surface area contributed by atoms with Gasteiger partial charge in [0.15, 0.2) is 0 Å². The summed E-state index contributed by atoms with van der Waals surface area (Å²) in [4.78, 5) is 13.4. The van der Waals surface area contributed by atoms with Gasteiger partial charge in [-0.2, -0.15) is 0 Å². The number of piperidine rings is 1. The maximum atomic E-state index is 11.3. The largest absolute Gasteiger partial charge is 0.393 e. The molecule has 0 aromatic rings. The Labute approximate surface area is 79.7 Å². The molecule has 0 amide bonds. The molecule has 0 aliphatic carbocycles. The van der Waals surface area contributed by atoms with Crippen LogP contribution >= 0.6 is 0 Å². The molecule has 13 heavy (non-hydrogen) atoms. The number of aliphatic hydroxyl groups excluding tert-OH is 1. The first-order valence-electron chi connectivity index (χ1n) is 5.14. The first-order chi connectivity index (χ1) is 6.22. The SMILES string of the molecule is CCCC(=O)CN1CCC(O)CC1. The molecule has 3 nitrogen and oxygen atoms in total. The third kappa shape index (κ3) is 3.87. The van der Waals surface area contributed by atoms with E-state index in [0.717, 1.165) is 32.4 Å². The van der Waals surface area contributed by atoms with Crippen molar-refractivity contribution >= 4 is 5.78 Å². The minimum atomic E-state index is -0.141. The molecule has 0 atom stereocenters. The summed E-state index contributed by atoms with van der Waals surface area (Å²) >= 11 is 0. The Morgan fingerprint density at radius 3 is 2.62 bits per heavy atom. The van der Waals surface area contributed by atoms with Gasteiger partial charge in [0, 0.05) is 19.5 Å². The first-order valence-corrected chi connectivity index (χ1v) is 5.14. The van der Waals surface area contributed by atoms with E-state index >= 15 is 0 Å². The Morgan fingerprint density at radius 1 is 1.46 bits per heavy atom. The van der Waals surface area contributed by atoms with Gasteiger partial charge in [0.2, 0.25) is 0 Å². The molecule has 0 aromatic carbocycles. The van der Waals surface area contributed by atoms with Crippen LogP contribution in [0.2, 0.25) is 0 Å². The minimum Gasteiger partial charge on any atom is -0.393 e. The number of nitrogens with zero attached hydrogens (tertiary/aromatic N) is 1. The van der Waals surface area contributed by atoms with Gasteiger partial charge in [-0.25, -0.2) is 0 Å². The number of carbonyl (C=O) groups excluding carboxylic acids is 1. The number of hydrogen-bond acceptors (Lipinski definition) is 3. The fourth-order valence-corrected chi connectivity index (χ4v) is 1.68. The Balaban J connectivity index is 2.18. The molecule has 1 rings (SSSR count). The third-order valence-corrected chi connectivity index (χ3v) is 2.49. The molecule has 3 heteroatoms. The van der Waals surface area contributed by atoms with Gasteiger partial charge in [0.25, 0.3) is 0 Å². The summed E-state index contributed by atoms with van der Waals surface area (Å²) in [6.07, 6.45) is 3.13. The number of carbonyl (C=O) groups is 1. The van der Waals surface area contributed by atoms with Gasteiger partial charge in [-0.3, -0.25) is 9.69 Å². The van der Waals surface area contributed by atoms with E-state index in [2.05, 4.69) is 4.90 Å². The zero-order valence-corrected chi connectivity index (χ0v) is 8.33. The van der Waals surface area contributed by atoms with E-state index in [-0.39, 0.29) is 6.10 Å². The van der Waals surface area contributed by atoms with Gasteiger partial charge in [0.1, 0.15) is 5.78 Å². The molecule has 1 saturated heterocycles. The van der Waals surface area contributed by atoms with Crippen molar-refractivity contribution in [3.05, 3.63) is 0 Å². The standard InChI is InChI=1S/C10H19NO2/c1-2-3-10(13)8-11-6-4-9(12)5-7-11/h9,12H,2-8H2,1H3. The van der Waals surface area contributed by atoms with Gasteiger partial charge in [-0.15, -0.1) is 0 Å². The van der Waals surface area contributed by atoms with Crippen LogP contribution in [0.5, 0.6) is 0 Å². The lowest BCUT2D eigenvalue weighted by molar-refractivity contribution is -0.120. The highest BCUT2D eigenvalue weighted by Crippen LogP contribution is 2.09. The summed E-state index contributed by atoms with van der Waals surface area (Å²) in [5, 5.41) is 9.25. The number of rotatable bonds is 4. The van der Waals surface area contributed by atoms with Gasteiger partial charge in [-0.1, -0.05) is 6.92 Å². The lowest BCUT2D eigenvalue weighted by atomic mass is 10.1.